The lowest BCUT2D eigenvalue weighted by atomic mass is 10.1. The molecule has 0 amide bonds. The van der Waals surface area contributed by atoms with Crippen LogP contribution in [0.3, 0.4) is 0 Å². The van der Waals surface area contributed by atoms with Crippen molar-refractivity contribution in [2.24, 2.45) is 10.7 Å². The summed E-state index contributed by atoms with van der Waals surface area (Å²) in [4.78, 5) is 9.00. The van der Waals surface area contributed by atoms with E-state index in [9.17, 15) is 0 Å². The van der Waals surface area contributed by atoms with Gasteiger partial charge in [0, 0.05) is 24.6 Å². The van der Waals surface area contributed by atoms with Crippen LogP contribution < -0.4 is 5.73 Å². The first-order valence-electron chi connectivity index (χ1n) is 7.02. The highest BCUT2D eigenvalue weighted by atomic mass is 127. The Bertz CT molecular complexity index is 433. The van der Waals surface area contributed by atoms with E-state index in [1.54, 1.807) is 0 Å². The molecular formula is C15H25IN4S. The van der Waals surface area contributed by atoms with E-state index in [-0.39, 0.29) is 30.0 Å². The SMILES string of the molecule is CN(C)C(CN=C(N)N1CCSCC1)c1ccccc1.I. The van der Waals surface area contributed by atoms with Crippen LogP contribution in [-0.2, 0) is 0 Å². The van der Waals surface area contributed by atoms with E-state index in [1.165, 1.54) is 5.56 Å². The highest BCUT2D eigenvalue weighted by Crippen LogP contribution is 2.18. The number of thioether (sulfide) groups is 1. The maximum Gasteiger partial charge on any atom is 0.191 e. The van der Waals surface area contributed by atoms with Crippen molar-refractivity contribution in [3.8, 4) is 0 Å². The fraction of sp³-hybridized carbons (Fsp3) is 0.533. The molecule has 1 atom stereocenters. The molecule has 1 saturated heterocycles. The van der Waals surface area contributed by atoms with Gasteiger partial charge >= 0.3 is 0 Å². The Morgan fingerprint density at radius 2 is 1.90 bits per heavy atom. The molecule has 0 aliphatic carbocycles. The van der Waals surface area contributed by atoms with E-state index in [4.69, 9.17) is 5.73 Å². The average molecular weight is 420 g/mol. The number of rotatable bonds is 4. The number of guanidine groups is 1. The van der Waals surface area contributed by atoms with E-state index < -0.39 is 0 Å². The number of hydrogen-bond donors (Lipinski definition) is 1. The molecule has 1 unspecified atom stereocenters. The highest BCUT2D eigenvalue weighted by molar-refractivity contribution is 14.0. The number of nitrogens with zero attached hydrogens (tertiary/aromatic N) is 3. The Kier molecular flexibility index (Phi) is 8.43. The summed E-state index contributed by atoms with van der Waals surface area (Å²) in [6, 6.07) is 10.7. The van der Waals surface area contributed by atoms with E-state index >= 15 is 0 Å². The Labute approximate surface area is 149 Å². The largest absolute Gasteiger partial charge is 0.370 e. The number of nitrogens with two attached hydrogens (primary N) is 1. The molecule has 1 aromatic carbocycles. The summed E-state index contributed by atoms with van der Waals surface area (Å²) in [5, 5.41) is 0. The van der Waals surface area contributed by atoms with E-state index in [0.717, 1.165) is 24.6 Å². The Morgan fingerprint density at radius 3 is 2.48 bits per heavy atom. The molecule has 1 heterocycles. The topological polar surface area (TPSA) is 44.9 Å². The molecule has 1 aromatic rings. The molecule has 0 bridgehead atoms. The van der Waals surface area contributed by atoms with Crippen molar-refractivity contribution in [2.45, 2.75) is 6.04 Å². The maximum atomic E-state index is 6.12. The van der Waals surface area contributed by atoms with E-state index in [2.05, 4.69) is 53.2 Å². The third-order valence-corrected chi connectivity index (χ3v) is 4.51. The molecule has 0 radical (unpaired) electrons. The second-order valence-electron chi connectivity index (χ2n) is 5.19. The van der Waals surface area contributed by atoms with Crippen LogP contribution in [0.15, 0.2) is 35.3 Å². The molecule has 1 fully saturated rings. The van der Waals surface area contributed by atoms with Gasteiger partial charge in [-0.25, -0.2) is 0 Å². The van der Waals surface area contributed by atoms with Gasteiger partial charge in [-0.1, -0.05) is 30.3 Å². The van der Waals surface area contributed by atoms with Crippen molar-refractivity contribution >= 4 is 41.7 Å². The standard InChI is InChI=1S/C15H24N4S.HI/c1-18(2)14(13-6-4-3-5-7-13)12-17-15(16)19-8-10-20-11-9-19;/h3-7,14H,8-12H2,1-2H3,(H2,16,17);1H. The number of aliphatic imine (C=N–C) groups is 1. The first kappa shape index (κ1) is 18.6. The second-order valence-corrected chi connectivity index (χ2v) is 6.41. The summed E-state index contributed by atoms with van der Waals surface area (Å²) in [5.74, 6) is 2.98. The fourth-order valence-electron chi connectivity index (χ4n) is 2.31. The van der Waals surface area contributed by atoms with Gasteiger partial charge in [-0.2, -0.15) is 11.8 Å². The summed E-state index contributed by atoms with van der Waals surface area (Å²) in [7, 11) is 4.17. The molecule has 0 aromatic heterocycles. The van der Waals surface area contributed by atoms with Crippen molar-refractivity contribution in [3.05, 3.63) is 35.9 Å². The van der Waals surface area contributed by atoms with Crippen molar-refractivity contribution in [1.29, 1.82) is 0 Å². The predicted octanol–water partition coefficient (Wildman–Crippen LogP) is 2.27. The van der Waals surface area contributed by atoms with Crippen LogP contribution in [-0.4, -0.2) is 61.0 Å². The molecule has 4 nitrogen and oxygen atoms in total. The number of benzene rings is 1. The minimum atomic E-state index is 0. The Hall–Kier alpha value is -0.470. The molecule has 2 N–H and O–H groups in total. The first-order chi connectivity index (χ1) is 9.68. The lowest BCUT2D eigenvalue weighted by Crippen LogP contribution is -2.43. The van der Waals surface area contributed by atoms with E-state index in [0.29, 0.717) is 12.5 Å². The van der Waals surface area contributed by atoms with E-state index in [1.807, 2.05) is 17.8 Å². The molecule has 6 heteroatoms. The van der Waals surface area contributed by atoms with Gasteiger partial charge in [-0.15, -0.1) is 24.0 Å². The quantitative estimate of drug-likeness (QED) is 0.461. The number of halogens is 1. The summed E-state index contributed by atoms with van der Waals surface area (Å²) < 4.78 is 0. The monoisotopic (exact) mass is 420 g/mol. The molecule has 0 spiro atoms. The highest BCUT2D eigenvalue weighted by Gasteiger charge is 2.15. The molecule has 2 rings (SSSR count). The van der Waals surface area contributed by atoms with Crippen molar-refractivity contribution in [2.75, 3.05) is 45.2 Å². The van der Waals surface area contributed by atoms with Crippen molar-refractivity contribution < 1.29 is 0 Å². The lowest BCUT2D eigenvalue weighted by molar-refractivity contribution is 0.305. The zero-order valence-electron chi connectivity index (χ0n) is 12.7. The van der Waals surface area contributed by atoms with Crippen LogP contribution in [0, 0.1) is 0 Å². The number of likely N-dealkylation sites (N-methyl/N-ethyl adjacent to an activating group) is 1. The number of hydrogen-bond acceptors (Lipinski definition) is 3. The average Bonchev–Trinajstić information content (AvgIpc) is 2.49. The van der Waals surface area contributed by atoms with Crippen LogP contribution in [0.2, 0.25) is 0 Å². The van der Waals surface area contributed by atoms with Crippen molar-refractivity contribution in [3.63, 3.8) is 0 Å². The zero-order valence-corrected chi connectivity index (χ0v) is 15.9. The van der Waals surface area contributed by atoms with Crippen LogP contribution in [0.5, 0.6) is 0 Å². The minimum absolute atomic E-state index is 0. The first-order valence-corrected chi connectivity index (χ1v) is 8.18. The van der Waals surface area contributed by atoms with Crippen LogP contribution in [0.25, 0.3) is 0 Å². The predicted molar refractivity (Wildman–Crippen MR) is 104 cm³/mol. The smallest absolute Gasteiger partial charge is 0.191 e. The van der Waals surface area contributed by atoms with Gasteiger partial charge in [0.15, 0.2) is 5.96 Å². The van der Waals surface area contributed by atoms with Gasteiger partial charge in [0.1, 0.15) is 0 Å². The molecule has 21 heavy (non-hydrogen) atoms. The summed E-state index contributed by atoms with van der Waals surface area (Å²) in [6.45, 7) is 2.72. The zero-order chi connectivity index (χ0) is 14.4. The molecule has 1 aliphatic rings. The van der Waals surface area contributed by atoms with Crippen LogP contribution >= 0.6 is 35.7 Å². The molecular weight excluding hydrogens is 395 g/mol. The van der Waals surface area contributed by atoms with Gasteiger partial charge in [0.2, 0.25) is 0 Å². The minimum Gasteiger partial charge on any atom is -0.370 e. The van der Waals surface area contributed by atoms with Gasteiger partial charge in [0.05, 0.1) is 12.6 Å². The Morgan fingerprint density at radius 1 is 1.29 bits per heavy atom. The summed E-state index contributed by atoms with van der Waals surface area (Å²) in [6.07, 6.45) is 0. The molecule has 0 saturated carbocycles. The van der Waals surface area contributed by atoms with Crippen molar-refractivity contribution in [1.82, 2.24) is 9.80 Å². The van der Waals surface area contributed by atoms with Crippen LogP contribution in [0.1, 0.15) is 11.6 Å². The third-order valence-electron chi connectivity index (χ3n) is 3.57. The van der Waals surface area contributed by atoms with Gasteiger partial charge in [-0.05, 0) is 19.7 Å². The third kappa shape index (κ3) is 5.67. The second kappa shape index (κ2) is 9.53. The summed E-state index contributed by atoms with van der Waals surface area (Å²) >= 11 is 1.98. The Balaban J connectivity index is 0.00000220. The molecule has 1 aliphatic heterocycles. The van der Waals surface area contributed by atoms with Crippen LogP contribution in [0.4, 0.5) is 0 Å². The molecule has 118 valence electrons. The maximum absolute atomic E-state index is 6.12. The summed E-state index contributed by atoms with van der Waals surface area (Å²) in [5.41, 5.74) is 7.40. The van der Waals surface area contributed by atoms with Gasteiger partial charge < -0.3 is 15.5 Å². The lowest BCUT2D eigenvalue weighted by Gasteiger charge is -2.28. The normalized spacial score (nSPS) is 17.5. The fourth-order valence-corrected chi connectivity index (χ4v) is 3.22. The van der Waals surface area contributed by atoms with Gasteiger partial charge in [-0.3, -0.25) is 4.99 Å². The van der Waals surface area contributed by atoms with Gasteiger partial charge in [0.25, 0.3) is 0 Å².